The predicted molar refractivity (Wildman–Crippen MR) is 45.4 cm³/mol. The van der Waals surface area contributed by atoms with Crippen LogP contribution in [0.4, 0.5) is 0 Å². The summed E-state index contributed by atoms with van der Waals surface area (Å²) >= 11 is 0. The summed E-state index contributed by atoms with van der Waals surface area (Å²) in [7, 11) is 0. The van der Waals surface area contributed by atoms with Crippen LogP contribution in [0.1, 0.15) is 25.1 Å². The van der Waals surface area contributed by atoms with Gasteiger partial charge in [-0.25, -0.2) is 0 Å². The Morgan fingerprint density at radius 1 is 1.50 bits per heavy atom. The highest BCUT2D eigenvalue weighted by Gasteiger charge is 2.21. The summed E-state index contributed by atoms with van der Waals surface area (Å²) < 4.78 is 0. The number of aryl methyl sites for hydroxylation is 1. The summed E-state index contributed by atoms with van der Waals surface area (Å²) in [5, 5.41) is 16.5. The fourth-order valence-corrected chi connectivity index (χ4v) is 0.827. The molecule has 0 radical (unpaired) electrons. The van der Waals surface area contributed by atoms with Crippen molar-refractivity contribution in [3.63, 3.8) is 0 Å². The number of nitriles is 1. The van der Waals surface area contributed by atoms with Crippen LogP contribution in [0.2, 0.25) is 0 Å². The van der Waals surface area contributed by atoms with E-state index in [-0.39, 0.29) is 0 Å². The van der Waals surface area contributed by atoms with Crippen LogP contribution in [0, 0.1) is 18.3 Å². The first-order valence-electron chi connectivity index (χ1n) is 3.77. The lowest BCUT2D eigenvalue weighted by molar-refractivity contribution is 0.641. The van der Waals surface area contributed by atoms with Gasteiger partial charge in [-0.15, -0.1) is 0 Å². The Bertz CT molecular complexity index is 323. The van der Waals surface area contributed by atoms with E-state index in [1.165, 1.54) is 0 Å². The van der Waals surface area contributed by atoms with Crippen molar-refractivity contribution < 1.29 is 0 Å². The number of aromatic nitrogens is 2. The average Bonchev–Trinajstić information content (AvgIpc) is 2.05. The maximum atomic E-state index is 8.82. The van der Waals surface area contributed by atoms with Gasteiger partial charge >= 0.3 is 0 Å². The average molecular weight is 161 g/mol. The zero-order valence-corrected chi connectivity index (χ0v) is 7.50. The smallest absolute Gasteiger partial charge is 0.0955 e. The first kappa shape index (κ1) is 8.66. The minimum absolute atomic E-state index is 0.543. The molecule has 3 heteroatoms. The Kier molecular flexibility index (Phi) is 2.09. The van der Waals surface area contributed by atoms with Gasteiger partial charge in [0.1, 0.15) is 0 Å². The molecule has 0 spiro atoms. The fourth-order valence-electron chi connectivity index (χ4n) is 0.827. The lowest BCUT2D eigenvalue weighted by Gasteiger charge is -2.13. The quantitative estimate of drug-likeness (QED) is 0.628. The fraction of sp³-hybridized carbons (Fsp3) is 0.444. The van der Waals surface area contributed by atoms with E-state index in [4.69, 9.17) is 5.26 Å². The molecule has 1 aromatic heterocycles. The highest BCUT2D eigenvalue weighted by molar-refractivity contribution is 5.24. The van der Waals surface area contributed by atoms with E-state index in [0.29, 0.717) is 0 Å². The third-order valence-electron chi connectivity index (χ3n) is 1.71. The van der Waals surface area contributed by atoms with Crippen LogP contribution in [0.25, 0.3) is 0 Å². The van der Waals surface area contributed by atoms with Gasteiger partial charge in [-0.2, -0.15) is 15.5 Å². The Hall–Kier alpha value is -1.43. The molecule has 0 saturated carbocycles. The van der Waals surface area contributed by atoms with Crippen molar-refractivity contribution in [1.82, 2.24) is 10.2 Å². The van der Waals surface area contributed by atoms with Crippen LogP contribution in [-0.4, -0.2) is 10.2 Å². The molecular weight excluding hydrogens is 150 g/mol. The molecule has 3 nitrogen and oxygen atoms in total. The maximum absolute atomic E-state index is 8.82. The molecule has 12 heavy (non-hydrogen) atoms. The van der Waals surface area contributed by atoms with Crippen LogP contribution in [0.5, 0.6) is 0 Å². The molecule has 0 aliphatic rings. The second kappa shape index (κ2) is 2.90. The predicted octanol–water partition coefficient (Wildman–Crippen LogP) is 1.59. The van der Waals surface area contributed by atoms with E-state index in [1.807, 2.05) is 26.8 Å². The Morgan fingerprint density at radius 2 is 2.17 bits per heavy atom. The topological polar surface area (TPSA) is 49.6 Å². The van der Waals surface area contributed by atoms with Crippen molar-refractivity contribution >= 4 is 0 Å². The SMILES string of the molecule is Cc1cnnc(C(C)(C)C#N)c1. The second-order valence-electron chi connectivity index (χ2n) is 3.35. The van der Waals surface area contributed by atoms with Crippen molar-refractivity contribution in [1.29, 1.82) is 5.26 Å². The molecule has 1 rings (SSSR count). The lowest BCUT2D eigenvalue weighted by Crippen LogP contribution is -2.16. The molecule has 0 fully saturated rings. The van der Waals surface area contributed by atoms with Crippen LogP contribution in [-0.2, 0) is 5.41 Å². The van der Waals surface area contributed by atoms with Gasteiger partial charge in [0.15, 0.2) is 0 Å². The molecule has 0 aromatic carbocycles. The summed E-state index contributed by atoms with van der Waals surface area (Å²) in [6.07, 6.45) is 1.68. The van der Waals surface area contributed by atoms with Gasteiger partial charge in [-0.05, 0) is 32.4 Å². The van der Waals surface area contributed by atoms with Crippen LogP contribution in [0.15, 0.2) is 12.3 Å². The molecule has 0 aliphatic heterocycles. The molecule has 1 aromatic rings. The molecule has 0 saturated heterocycles. The highest BCUT2D eigenvalue weighted by atomic mass is 15.1. The van der Waals surface area contributed by atoms with Gasteiger partial charge in [0, 0.05) is 0 Å². The summed E-state index contributed by atoms with van der Waals surface area (Å²) in [5.41, 5.74) is 1.22. The largest absolute Gasteiger partial charge is 0.197 e. The highest BCUT2D eigenvalue weighted by Crippen LogP contribution is 2.19. The molecule has 0 amide bonds. The summed E-state index contributed by atoms with van der Waals surface area (Å²) in [6.45, 7) is 5.60. The second-order valence-corrected chi connectivity index (χ2v) is 3.35. The first-order valence-corrected chi connectivity index (χ1v) is 3.77. The normalized spacial score (nSPS) is 10.8. The summed E-state index contributed by atoms with van der Waals surface area (Å²) in [6, 6.07) is 4.07. The zero-order valence-electron chi connectivity index (χ0n) is 7.50. The zero-order chi connectivity index (χ0) is 9.19. The van der Waals surface area contributed by atoms with Gasteiger partial charge in [0.2, 0.25) is 0 Å². The van der Waals surface area contributed by atoms with Crippen molar-refractivity contribution in [2.45, 2.75) is 26.2 Å². The van der Waals surface area contributed by atoms with Crippen LogP contribution in [0.3, 0.4) is 0 Å². The minimum atomic E-state index is -0.543. The Morgan fingerprint density at radius 3 is 2.67 bits per heavy atom. The van der Waals surface area contributed by atoms with E-state index in [1.54, 1.807) is 6.20 Å². The third kappa shape index (κ3) is 1.59. The Labute approximate surface area is 72.1 Å². The maximum Gasteiger partial charge on any atom is 0.0955 e. The van der Waals surface area contributed by atoms with E-state index in [9.17, 15) is 0 Å². The molecule has 0 aliphatic carbocycles. The van der Waals surface area contributed by atoms with Gasteiger partial charge in [0.25, 0.3) is 0 Å². The van der Waals surface area contributed by atoms with E-state index in [0.717, 1.165) is 11.3 Å². The van der Waals surface area contributed by atoms with Crippen LogP contribution < -0.4 is 0 Å². The van der Waals surface area contributed by atoms with Gasteiger partial charge < -0.3 is 0 Å². The summed E-state index contributed by atoms with van der Waals surface area (Å²) in [5.74, 6) is 0. The van der Waals surface area contributed by atoms with Gasteiger partial charge in [0.05, 0.1) is 23.4 Å². The Balaban J connectivity index is 3.14. The third-order valence-corrected chi connectivity index (χ3v) is 1.71. The molecule has 0 N–H and O–H groups in total. The van der Waals surface area contributed by atoms with Crippen molar-refractivity contribution in [2.75, 3.05) is 0 Å². The standard InChI is InChI=1S/C9H11N3/c1-7-4-8(12-11-5-7)9(2,3)6-10/h4-5H,1-3H3. The molecule has 62 valence electrons. The van der Waals surface area contributed by atoms with Crippen molar-refractivity contribution in [3.8, 4) is 6.07 Å². The number of nitrogens with zero attached hydrogens (tertiary/aromatic N) is 3. The van der Waals surface area contributed by atoms with Crippen LogP contribution >= 0.6 is 0 Å². The molecule has 0 bridgehead atoms. The first-order chi connectivity index (χ1) is 5.56. The van der Waals surface area contributed by atoms with E-state index in [2.05, 4.69) is 16.3 Å². The molecular formula is C9H11N3. The summed E-state index contributed by atoms with van der Waals surface area (Å²) in [4.78, 5) is 0. The van der Waals surface area contributed by atoms with Crippen molar-refractivity contribution in [2.24, 2.45) is 0 Å². The van der Waals surface area contributed by atoms with Gasteiger partial charge in [-0.3, -0.25) is 0 Å². The van der Waals surface area contributed by atoms with E-state index < -0.39 is 5.41 Å². The van der Waals surface area contributed by atoms with Gasteiger partial charge in [-0.1, -0.05) is 0 Å². The minimum Gasteiger partial charge on any atom is -0.197 e. The number of hydrogen-bond donors (Lipinski definition) is 0. The lowest BCUT2D eigenvalue weighted by atomic mass is 9.91. The molecule has 1 heterocycles. The number of rotatable bonds is 1. The van der Waals surface area contributed by atoms with E-state index >= 15 is 0 Å². The molecule has 0 unspecified atom stereocenters. The monoisotopic (exact) mass is 161 g/mol. The van der Waals surface area contributed by atoms with Crippen molar-refractivity contribution in [3.05, 3.63) is 23.5 Å². The molecule has 0 atom stereocenters. The number of hydrogen-bond acceptors (Lipinski definition) is 3.